The number of amides is 5. The molecule has 0 aliphatic carbocycles. The molecule has 1 aliphatic rings. The molecule has 12 heteroatoms. The molecule has 0 saturated carbocycles. The first-order valence-electron chi connectivity index (χ1n) is 13.8. The Morgan fingerprint density at radius 3 is 2.39 bits per heavy atom. The van der Waals surface area contributed by atoms with Gasteiger partial charge in [-0.15, -0.1) is 0 Å². The van der Waals surface area contributed by atoms with Crippen molar-refractivity contribution in [3.8, 4) is 23.0 Å². The minimum atomic E-state index is -0.887. The molecule has 2 N–H and O–H groups in total. The van der Waals surface area contributed by atoms with Crippen molar-refractivity contribution in [1.82, 2.24) is 5.32 Å². The van der Waals surface area contributed by atoms with Crippen molar-refractivity contribution >= 4 is 63.8 Å². The van der Waals surface area contributed by atoms with E-state index in [9.17, 15) is 19.2 Å². The monoisotopic (exact) mass is 713 g/mol. The molecule has 44 heavy (non-hydrogen) atoms. The van der Waals surface area contributed by atoms with Crippen molar-refractivity contribution in [2.75, 3.05) is 37.1 Å². The van der Waals surface area contributed by atoms with E-state index in [0.29, 0.717) is 45.3 Å². The molecule has 1 aliphatic heterocycles. The second-order valence-corrected chi connectivity index (χ2v) is 10.8. The molecule has 11 nitrogen and oxygen atoms in total. The Labute approximate surface area is 268 Å². The van der Waals surface area contributed by atoms with E-state index in [1.54, 1.807) is 43.3 Å². The van der Waals surface area contributed by atoms with Crippen LogP contribution in [0.4, 0.5) is 16.2 Å². The van der Waals surface area contributed by atoms with E-state index in [4.69, 9.17) is 18.9 Å². The summed E-state index contributed by atoms with van der Waals surface area (Å²) in [6.45, 7) is 6.27. The van der Waals surface area contributed by atoms with E-state index in [0.717, 1.165) is 16.9 Å². The Bertz CT molecular complexity index is 1600. The molecule has 0 unspecified atom stereocenters. The molecular weight excluding hydrogens is 681 g/mol. The summed E-state index contributed by atoms with van der Waals surface area (Å²) in [5.41, 5.74) is 2.10. The van der Waals surface area contributed by atoms with Crippen LogP contribution < -0.4 is 34.5 Å². The fourth-order valence-corrected chi connectivity index (χ4v) is 5.01. The van der Waals surface area contributed by atoms with Crippen LogP contribution in [0.15, 0.2) is 60.2 Å². The van der Waals surface area contributed by atoms with Gasteiger partial charge in [0.1, 0.15) is 5.57 Å². The number of nitrogens with zero attached hydrogens (tertiary/aromatic N) is 1. The third-order valence-corrected chi connectivity index (χ3v) is 7.10. The van der Waals surface area contributed by atoms with E-state index in [1.165, 1.54) is 19.3 Å². The first-order chi connectivity index (χ1) is 21.1. The number of carbonyl (C=O) groups excluding carboxylic acids is 4. The van der Waals surface area contributed by atoms with Gasteiger partial charge in [0.25, 0.3) is 17.7 Å². The lowest BCUT2D eigenvalue weighted by atomic mass is 10.1. The van der Waals surface area contributed by atoms with Gasteiger partial charge in [-0.05, 0) is 90.9 Å². The lowest BCUT2D eigenvalue weighted by Gasteiger charge is -2.27. The van der Waals surface area contributed by atoms with Gasteiger partial charge >= 0.3 is 6.03 Å². The van der Waals surface area contributed by atoms with Crippen molar-refractivity contribution in [2.45, 2.75) is 27.2 Å². The maximum atomic E-state index is 13.5. The van der Waals surface area contributed by atoms with Crippen LogP contribution in [0.25, 0.3) is 6.08 Å². The largest absolute Gasteiger partial charge is 0.493 e. The number of hydrogen-bond acceptors (Lipinski definition) is 8. The molecule has 0 radical (unpaired) electrons. The quantitative estimate of drug-likeness (QED) is 0.143. The number of nitrogens with one attached hydrogen (secondary N) is 2. The number of aryl methyl sites for hydroxylation is 1. The number of imide groups is 2. The predicted octanol–water partition coefficient (Wildman–Crippen LogP) is 5.48. The van der Waals surface area contributed by atoms with E-state index in [1.807, 2.05) is 48.6 Å². The summed E-state index contributed by atoms with van der Waals surface area (Å²) in [6, 6.07) is 14.4. The molecule has 5 amide bonds. The van der Waals surface area contributed by atoms with Crippen LogP contribution in [-0.4, -0.2) is 50.7 Å². The second kappa shape index (κ2) is 14.7. The maximum Gasteiger partial charge on any atom is 0.335 e. The number of benzene rings is 3. The van der Waals surface area contributed by atoms with Gasteiger partial charge < -0.3 is 24.3 Å². The minimum absolute atomic E-state index is 0.207. The number of urea groups is 1. The topological polar surface area (TPSA) is 132 Å². The third kappa shape index (κ3) is 7.67. The van der Waals surface area contributed by atoms with Gasteiger partial charge in [-0.2, -0.15) is 0 Å². The van der Waals surface area contributed by atoms with E-state index in [-0.39, 0.29) is 29.5 Å². The first kappa shape index (κ1) is 32.3. The zero-order valence-electron chi connectivity index (χ0n) is 24.7. The molecular formula is C32H32IN3O8. The second-order valence-electron chi connectivity index (χ2n) is 9.61. The highest BCUT2D eigenvalue weighted by Crippen LogP contribution is 2.36. The van der Waals surface area contributed by atoms with E-state index in [2.05, 4.69) is 10.6 Å². The van der Waals surface area contributed by atoms with Gasteiger partial charge in [0, 0.05) is 11.8 Å². The minimum Gasteiger partial charge on any atom is -0.493 e. The maximum absolute atomic E-state index is 13.5. The Balaban J connectivity index is 1.57. The Kier molecular flexibility index (Phi) is 10.8. The van der Waals surface area contributed by atoms with Crippen LogP contribution in [0.1, 0.15) is 31.4 Å². The van der Waals surface area contributed by atoms with E-state index >= 15 is 0 Å². The van der Waals surface area contributed by atoms with Crippen LogP contribution in [0.3, 0.4) is 0 Å². The SMILES string of the molecule is CCCOc1ccc(N2C(=O)NC(=O)/C(=C\c3cc(I)c(OCC(=O)Nc4ccc(C)cc4)c(OC)c3)C2=O)cc1OCC. The highest BCUT2D eigenvalue weighted by molar-refractivity contribution is 14.1. The molecule has 3 aromatic rings. The summed E-state index contributed by atoms with van der Waals surface area (Å²) in [6.07, 6.45) is 2.15. The van der Waals surface area contributed by atoms with Gasteiger partial charge in [-0.1, -0.05) is 24.6 Å². The number of barbiturate groups is 1. The molecule has 0 aromatic heterocycles. The summed E-state index contributed by atoms with van der Waals surface area (Å²) < 4.78 is 23.2. The molecule has 4 rings (SSSR count). The van der Waals surface area contributed by atoms with Gasteiger partial charge in [0.2, 0.25) is 0 Å². The normalized spacial score (nSPS) is 13.9. The molecule has 1 heterocycles. The molecule has 3 aromatic carbocycles. The molecule has 0 atom stereocenters. The lowest BCUT2D eigenvalue weighted by Crippen LogP contribution is -2.54. The Morgan fingerprint density at radius 1 is 0.955 bits per heavy atom. The van der Waals surface area contributed by atoms with Crippen molar-refractivity contribution in [2.24, 2.45) is 0 Å². The van der Waals surface area contributed by atoms with Crippen LogP contribution >= 0.6 is 22.6 Å². The number of methoxy groups -OCH3 is 1. The van der Waals surface area contributed by atoms with E-state index < -0.39 is 17.8 Å². The zero-order valence-corrected chi connectivity index (χ0v) is 26.9. The summed E-state index contributed by atoms with van der Waals surface area (Å²) >= 11 is 2.01. The van der Waals surface area contributed by atoms with Crippen LogP contribution in [0.2, 0.25) is 0 Å². The lowest BCUT2D eigenvalue weighted by molar-refractivity contribution is -0.122. The van der Waals surface area contributed by atoms with Crippen LogP contribution in [0, 0.1) is 10.5 Å². The Hall–Kier alpha value is -4.59. The molecule has 230 valence electrons. The average molecular weight is 714 g/mol. The number of hydrogen-bond donors (Lipinski definition) is 2. The summed E-state index contributed by atoms with van der Waals surface area (Å²) in [4.78, 5) is 52.5. The fraction of sp³-hybridized carbons (Fsp3) is 0.250. The molecule has 1 saturated heterocycles. The summed E-state index contributed by atoms with van der Waals surface area (Å²) in [7, 11) is 1.43. The van der Waals surface area contributed by atoms with Crippen LogP contribution in [0.5, 0.6) is 23.0 Å². The zero-order chi connectivity index (χ0) is 31.8. The fourth-order valence-electron chi connectivity index (χ4n) is 4.23. The summed E-state index contributed by atoms with van der Waals surface area (Å²) in [5, 5.41) is 4.99. The number of halogens is 1. The summed E-state index contributed by atoms with van der Waals surface area (Å²) in [5.74, 6) is -0.567. The van der Waals surface area contributed by atoms with Gasteiger partial charge in [-0.25, -0.2) is 9.69 Å². The van der Waals surface area contributed by atoms with Gasteiger partial charge in [-0.3, -0.25) is 19.7 Å². The van der Waals surface area contributed by atoms with Crippen molar-refractivity contribution in [3.63, 3.8) is 0 Å². The van der Waals surface area contributed by atoms with Crippen molar-refractivity contribution < 1.29 is 38.1 Å². The third-order valence-electron chi connectivity index (χ3n) is 6.29. The first-order valence-corrected chi connectivity index (χ1v) is 14.9. The van der Waals surface area contributed by atoms with Gasteiger partial charge in [0.15, 0.2) is 29.6 Å². The number of carbonyl (C=O) groups is 4. The standard InChI is InChI=1S/C32H32IN3O8/c1-5-13-43-25-12-11-22(17-26(25)42-6-2)36-31(39)23(30(38)35-32(36)40)14-20-15-24(33)29(27(16-20)41-4)44-18-28(37)34-21-9-7-19(3)8-10-21/h7-12,14-17H,5-6,13,18H2,1-4H3,(H,34,37)(H,35,38,40)/b23-14+. The molecule has 0 spiro atoms. The van der Waals surface area contributed by atoms with Crippen molar-refractivity contribution in [3.05, 3.63) is 74.9 Å². The number of anilines is 2. The highest BCUT2D eigenvalue weighted by Gasteiger charge is 2.37. The Morgan fingerprint density at radius 2 is 1.70 bits per heavy atom. The molecule has 0 bridgehead atoms. The van der Waals surface area contributed by atoms with Crippen LogP contribution in [-0.2, 0) is 14.4 Å². The van der Waals surface area contributed by atoms with Crippen molar-refractivity contribution in [1.29, 1.82) is 0 Å². The highest BCUT2D eigenvalue weighted by atomic mass is 127. The van der Waals surface area contributed by atoms with Gasteiger partial charge in [0.05, 0.1) is 29.6 Å². The average Bonchev–Trinajstić information content (AvgIpc) is 2.99. The predicted molar refractivity (Wildman–Crippen MR) is 173 cm³/mol. The smallest absolute Gasteiger partial charge is 0.335 e. The molecule has 1 fully saturated rings. The number of rotatable bonds is 12. The number of ether oxygens (including phenoxy) is 4.